The molecule has 13 heavy (non-hydrogen) atoms. The Labute approximate surface area is 77.9 Å². The van der Waals surface area contributed by atoms with Crippen LogP contribution in [0.1, 0.15) is 6.42 Å². The Morgan fingerprint density at radius 1 is 1.77 bits per heavy atom. The van der Waals surface area contributed by atoms with E-state index in [0.29, 0.717) is 13.1 Å². The van der Waals surface area contributed by atoms with Crippen LogP contribution in [0.4, 0.5) is 0 Å². The normalized spacial score (nSPS) is 26.8. The molecule has 1 rings (SSSR count). The lowest BCUT2D eigenvalue weighted by Crippen LogP contribution is -2.44. The maximum atomic E-state index is 11.3. The summed E-state index contributed by atoms with van der Waals surface area (Å²) in [5, 5.41) is 12.5. The van der Waals surface area contributed by atoms with E-state index >= 15 is 0 Å². The van der Waals surface area contributed by atoms with Crippen LogP contribution in [0.2, 0.25) is 0 Å². The number of aliphatic hydroxyl groups is 1. The van der Waals surface area contributed by atoms with Crippen molar-refractivity contribution in [2.45, 2.75) is 18.6 Å². The topological polar surface area (TPSA) is 52.6 Å². The first-order valence-corrected chi connectivity index (χ1v) is 4.24. The van der Waals surface area contributed by atoms with Gasteiger partial charge in [-0.1, -0.05) is 5.92 Å². The van der Waals surface area contributed by atoms with Crippen molar-refractivity contribution in [2.24, 2.45) is 0 Å². The first kappa shape index (κ1) is 10.0. The molecule has 1 aliphatic rings. The van der Waals surface area contributed by atoms with Gasteiger partial charge in [0, 0.05) is 20.1 Å². The molecule has 0 bridgehead atoms. The molecule has 0 saturated carbocycles. The summed E-state index contributed by atoms with van der Waals surface area (Å²) in [6.07, 6.45) is 4.64. The Balaban J connectivity index is 2.51. The second-order valence-corrected chi connectivity index (χ2v) is 3.18. The largest absolute Gasteiger partial charge is 0.390 e. The lowest BCUT2D eigenvalue weighted by molar-refractivity contribution is -0.132. The van der Waals surface area contributed by atoms with Crippen LogP contribution in [0.5, 0.6) is 0 Å². The van der Waals surface area contributed by atoms with E-state index in [1.165, 1.54) is 4.90 Å². The highest BCUT2D eigenvalue weighted by Crippen LogP contribution is 2.08. The number of nitrogens with zero attached hydrogens (tertiary/aromatic N) is 1. The molecule has 4 heteroatoms. The van der Waals surface area contributed by atoms with Gasteiger partial charge in [-0.2, -0.15) is 0 Å². The second-order valence-electron chi connectivity index (χ2n) is 3.18. The summed E-state index contributed by atoms with van der Waals surface area (Å²) < 4.78 is 0. The Morgan fingerprint density at radius 3 is 2.92 bits per heavy atom. The lowest BCUT2D eigenvalue weighted by Gasteiger charge is -2.25. The third-order valence-electron chi connectivity index (χ3n) is 2.30. The molecule has 0 aliphatic carbocycles. The van der Waals surface area contributed by atoms with Gasteiger partial charge in [-0.05, 0) is 0 Å². The van der Waals surface area contributed by atoms with Crippen molar-refractivity contribution < 1.29 is 9.90 Å². The number of rotatable bonds is 2. The van der Waals surface area contributed by atoms with Gasteiger partial charge in [0.2, 0.25) is 5.91 Å². The highest BCUT2D eigenvalue weighted by molar-refractivity contribution is 5.78. The predicted molar refractivity (Wildman–Crippen MR) is 48.9 cm³/mol. The van der Waals surface area contributed by atoms with Crippen LogP contribution in [0.3, 0.4) is 0 Å². The van der Waals surface area contributed by atoms with E-state index in [-0.39, 0.29) is 18.4 Å². The van der Waals surface area contributed by atoms with Crippen molar-refractivity contribution in [1.29, 1.82) is 0 Å². The number of terminal acetylenes is 1. The van der Waals surface area contributed by atoms with Gasteiger partial charge in [-0.15, -0.1) is 6.42 Å². The van der Waals surface area contributed by atoms with Gasteiger partial charge < -0.3 is 15.3 Å². The van der Waals surface area contributed by atoms with Gasteiger partial charge in [0.05, 0.1) is 18.6 Å². The first-order valence-electron chi connectivity index (χ1n) is 4.24. The molecule has 4 nitrogen and oxygen atoms in total. The van der Waals surface area contributed by atoms with Crippen LogP contribution >= 0.6 is 0 Å². The molecule has 1 fully saturated rings. The number of amides is 1. The maximum absolute atomic E-state index is 11.3. The zero-order valence-electron chi connectivity index (χ0n) is 7.66. The fourth-order valence-corrected chi connectivity index (χ4v) is 1.44. The van der Waals surface area contributed by atoms with Gasteiger partial charge in [-0.3, -0.25) is 4.79 Å². The van der Waals surface area contributed by atoms with E-state index in [9.17, 15) is 9.90 Å². The third-order valence-corrected chi connectivity index (χ3v) is 2.30. The lowest BCUT2D eigenvalue weighted by atomic mass is 10.2. The fraction of sp³-hybridized carbons (Fsp3) is 0.667. The molecule has 2 N–H and O–H groups in total. The molecule has 72 valence electrons. The van der Waals surface area contributed by atoms with E-state index in [0.717, 1.165) is 0 Å². The predicted octanol–water partition coefficient (Wildman–Crippen LogP) is -1.20. The van der Waals surface area contributed by atoms with Crippen molar-refractivity contribution in [3.05, 3.63) is 0 Å². The Kier molecular flexibility index (Phi) is 3.29. The summed E-state index contributed by atoms with van der Waals surface area (Å²) in [6.45, 7) is 1.17. The molecule has 1 heterocycles. The van der Waals surface area contributed by atoms with E-state index in [1.807, 2.05) is 0 Å². The molecule has 0 aromatic rings. The number of likely N-dealkylation sites (N-methyl/N-ethyl adjacent to an activating group) is 1. The highest BCUT2D eigenvalue weighted by Gasteiger charge is 2.30. The Bertz CT molecular complexity index is 234. The smallest absolute Gasteiger partial charge is 0.234 e. The summed E-state index contributed by atoms with van der Waals surface area (Å²) in [5.74, 6) is 2.18. The van der Waals surface area contributed by atoms with Crippen molar-refractivity contribution in [3.8, 4) is 12.3 Å². The quantitative estimate of drug-likeness (QED) is 0.527. The van der Waals surface area contributed by atoms with Crippen molar-refractivity contribution in [3.63, 3.8) is 0 Å². The number of hydrogen-bond acceptors (Lipinski definition) is 3. The summed E-state index contributed by atoms with van der Waals surface area (Å²) in [6, 6.07) is -0.138. The summed E-state index contributed by atoms with van der Waals surface area (Å²) >= 11 is 0. The van der Waals surface area contributed by atoms with E-state index in [4.69, 9.17) is 6.42 Å². The minimum absolute atomic E-state index is 0.0969. The number of aliphatic hydroxyl groups excluding tert-OH is 1. The average Bonchev–Trinajstić information content (AvgIpc) is 2.50. The molecular weight excluding hydrogens is 168 g/mol. The van der Waals surface area contributed by atoms with E-state index in [2.05, 4.69) is 11.2 Å². The Morgan fingerprint density at radius 2 is 2.46 bits per heavy atom. The van der Waals surface area contributed by atoms with Crippen LogP contribution in [0.15, 0.2) is 0 Å². The summed E-state index contributed by atoms with van der Waals surface area (Å²) in [5.41, 5.74) is 0. The zero-order chi connectivity index (χ0) is 9.84. The highest BCUT2D eigenvalue weighted by atomic mass is 16.3. The van der Waals surface area contributed by atoms with Gasteiger partial charge >= 0.3 is 0 Å². The minimum Gasteiger partial charge on any atom is -0.390 e. The monoisotopic (exact) mass is 182 g/mol. The first-order chi connectivity index (χ1) is 6.16. The number of β-amino-alcohol motifs (C(OH)–C–C–N with tert-alkyl or cyclic N) is 1. The Hall–Kier alpha value is -1.05. The maximum Gasteiger partial charge on any atom is 0.234 e. The number of carbonyl (C=O) groups excluding carboxylic acids is 1. The van der Waals surface area contributed by atoms with E-state index < -0.39 is 6.10 Å². The third kappa shape index (κ3) is 2.20. The van der Waals surface area contributed by atoms with Crippen LogP contribution in [0, 0.1) is 12.3 Å². The molecule has 1 amide bonds. The molecule has 0 radical (unpaired) electrons. The van der Waals surface area contributed by atoms with Crippen molar-refractivity contribution in [1.82, 2.24) is 10.2 Å². The van der Waals surface area contributed by atoms with E-state index in [1.54, 1.807) is 7.05 Å². The number of hydrogen-bond donors (Lipinski definition) is 2. The van der Waals surface area contributed by atoms with Gasteiger partial charge in [0.1, 0.15) is 0 Å². The molecule has 0 spiro atoms. The molecule has 0 unspecified atom stereocenters. The minimum atomic E-state index is -0.480. The second kappa shape index (κ2) is 4.26. The standard InChI is InChI=1S/C9H14N2O2/c1-3-4-9(13)11(2)7-5-10-6-8(7)12/h1,7-8,10,12H,4-6H2,2H3/t7-,8-/m0/s1. The van der Waals surface area contributed by atoms with Crippen LogP contribution in [0.25, 0.3) is 0 Å². The molecule has 0 aromatic carbocycles. The van der Waals surface area contributed by atoms with Crippen molar-refractivity contribution >= 4 is 5.91 Å². The SMILES string of the molecule is C#CCC(=O)N(C)[C@H]1CNC[C@@H]1O. The van der Waals surface area contributed by atoms with Crippen molar-refractivity contribution in [2.75, 3.05) is 20.1 Å². The fourth-order valence-electron chi connectivity index (χ4n) is 1.44. The molecule has 1 saturated heterocycles. The molecular formula is C9H14N2O2. The van der Waals surface area contributed by atoms with Gasteiger partial charge in [0.25, 0.3) is 0 Å². The molecule has 0 aromatic heterocycles. The average molecular weight is 182 g/mol. The van der Waals surface area contributed by atoms with Crippen LogP contribution < -0.4 is 5.32 Å². The summed E-state index contributed by atoms with van der Waals surface area (Å²) in [4.78, 5) is 12.8. The zero-order valence-corrected chi connectivity index (χ0v) is 7.66. The number of nitrogens with one attached hydrogen (secondary N) is 1. The van der Waals surface area contributed by atoms with Crippen LogP contribution in [-0.4, -0.2) is 48.2 Å². The van der Waals surface area contributed by atoms with Crippen LogP contribution in [-0.2, 0) is 4.79 Å². The number of carbonyl (C=O) groups is 1. The van der Waals surface area contributed by atoms with Gasteiger partial charge in [0.15, 0.2) is 0 Å². The van der Waals surface area contributed by atoms with Gasteiger partial charge in [-0.25, -0.2) is 0 Å². The molecule has 1 aliphatic heterocycles. The molecule has 2 atom stereocenters. The summed E-state index contributed by atoms with van der Waals surface area (Å²) in [7, 11) is 1.67.